The molecule has 0 fully saturated rings. The smallest absolute Gasteiger partial charge is 0.268 e. The van der Waals surface area contributed by atoms with Gasteiger partial charge in [-0.05, 0) is 29.7 Å². The summed E-state index contributed by atoms with van der Waals surface area (Å²) < 4.78 is 1.87. The summed E-state index contributed by atoms with van der Waals surface area (Å²) in [6.45, 7) is 2.66. The number of hydrogen-bond acceptors (Lipinski definition) is 2. The lowest BCUT2D eigenvalue weighted by Crippen LogP contribution is -2.24. The molecule has 2 aromatic heterocycles. The Morgan fingerprint density at radius 3 is 2.59 bits per heavy atom. The molecule has 3 rings (SSSR count). The fourth-order valence-electron chi connectivity index (χ4n) is 2.56. The van der Waals surface area contributed by atoms with E-state index in [1.54, 1.807) is 12.4 Å². The van der Waals surface area contributed by atoms with Crippen LogP contribution in [0.15, 0.2) is 48.8 Å². The maximum absolute atomic E-state index is 12.4. The third-order valence-corrected chi connectivity index (χ3v) is 3.96. The first-order chi connectivity index (χ1) is 10.7. The Kier molecular flexibility index (Phi) is 3.92. The summed E-state index contributed by atoms with van der Waals surface area (Å²) in [6, 6.07) is 12.1. The van der Waals surface area contributed by atoms with Gasteiger partial charge in [-0.2, -0.15) is 0 Å². The number of aryl methyl sites for hydroxylation is 2. The minimum Gasteiger partial charge on any atom is -0.347 e. The van der Waals surface area contributed by atoms with Gasteiger partial charge in [0.2, 0.25) is 0 Å². The molecule has 2 heterocycles. The average molecular weight is 293 g/mol. The lowest BCUT2D eigenvalue weighted by Gasteiger charge is -2.07. The molecule has 1 amide bonds. The van der Waals surface area contributed by atoms with E-state index >= 15 is 0 Å². The number of nitrogens with one attached hydrogen (secondary N) is 1. The van der Waals surface area contributed by atoms with E-state index in [1.807, 2.05) is 23.7 Å². The number of carbonyl (C=O) groups excluding carboxylic acids is 1. The predicted molar refractivity (Wildman–Crippen MR) is 87.7 cm³/mol. The van der Waals surface area contributed by atoms with Crippen molar-refractivity contribution in [3.05, 3.63) is 65.6 Å². The first kappa shape index (κ1) is 14.3. The molecule has 0 aliphatic heterocycles. The third-order valence-electron chi connectivity index (χ3n) is 3.96. The molecule has 1 aromatic carbocycles. The fraction of sp³-hybridized carbons (Fsp3) is 0.222. The lowest BCUT2D eigenvalue weighted by molar-refractivity contribution is 0.0943. The molecule has 0 aliphatic rings. The minimum absolute atomic E-state index is 0.0710. The number of pyridine rings is 1. The van der Waals surface area contributed by atoms with E-state index in [0.717, 1.165) is 22.9 Å². The van der Waals surface area contributed by atoms with Crippen molar-refractivity contribution in [3.8, 4) is 0 Å². The number of carbonyl (C=O) groups is 1. The lowest BCUT2D eigenvalue weighted by atomic mass is 10.1. The van der Waals surface area contributed by atoms with Gasteiger partial charge in [0.05, 0.1) is 11.7 Å². The van der Waals surface area contributed by atoms with Crippen molar-refractivity contribution in [2.24, 2.45) is 7.05 Å². The summed E-state index contributed by atoms with van der Waals surface area (Å²) in [4.78, 5) is 16.5. The normalized spacial score (nSPS) is 10.8. The second kappa shape index (κ2) is 6.02. The van der Waals surface area contributed by atoms with Crippen molar-refractivity contribution in [3.63, 3.8) is 0 Å². The molecule has 112 valence electrons. The Morgan fingerprint density at radius 1 is 1.18 bits per heavy atom. The number of aromatic nitrogens is 2. The topological polar surface area (TPSA) is 46.9 Å². The number of rotatable bonds is 4. The molecule has 0 unspecified atom stereocenters. The summed E-state index contributed by atoms with van der Waals surface area (Å²) in [5, 5.41) is 4.00. The molecule has 0 atom stereocenters. The van der Waals surface area contributed by atoms with Crippen molar-refractivity contribution in [2.75, 3.05) is 0 Å². The van der Waals surface area contributed by atoms with Crippen LogP contribution in [0.5, 0.6) is 0 Å². The zero-order chi connectivity index (χ0) is 15.5. The molecule has 0 saturated heterocycles. The van der Waals surface area contributed by atoms with Crippen LogP contribution in [0.2, 0.25) is 0 Å². The van der Waals surface area contributed by atoms with E-state index in [2.05, 4.69) is 41.5 Å². The van der Waals surface area contributed by atoms with Gasteiger partial charge in [0, 0.05) is 25.2 Å². The second-order valence-electron chi connectivity index (χ2n) is 5.38. The number of benzene rings is 1. The SMILES string of the molecule is CCc1ccc(CNC(=O)c2cc3ccncc3n2C)cc1. The summed E-state index contributed by atoms with van der Waals surface area (Å²) in [5.74, 6) is -0.0710. The Labute approximate surface area is 129 Å². The van der Waals surface area contributed by atoms with Crippen LogP contribution in [0.25, 0.3) is 10.9 Å². The maximum atomic E-state index is 12.4. The van der Waals surface area contributed by atoms with Crippen molar-refractivity contribution in [2.45, 2.75) is 19.9 Å². The summed E-state index contributed by atoms with van der Waals surface area (Å²) in [7, 11) is 1.88. The van der Waals surface area contributed by atoms with Crippen LogP contribution < -0.4 is 5.32 Å². The van der Waals surface area contributed by atoms with Gasteiger partial charge in [-0.25, -0.2) is 0 Å². The number of hydrogen-bond donors (Lipinski definition) is 1. The van der Waals surface area contributed by atoms with Crippen LogP contribution in [0.3, 0.4) is 0 Å². The molecule has 4 nitrogen and oxygen atoms in total. The summed E-state index contributed by atoms with van der Waals surface area (Å²) in [6.07, 6.45) is 4.53. The number of amides is 1. The highest BCUT2D eigenvalue weighted by atomic mass is 16.1. The Hall–Kier alpha value is -2.62. The van der Waals surface area contributed by atoms with Gasteiger partial charge < -0.3 is 9.88 Å². The highest BCUT2D eigenvalue weighted by Crippen LogP contribution is 2.17. The zero-order valence-electron chi connectivity index (χ0n) is 12.8. The number of nitrogens with zero attached hydrogens (tertiary/aromatic N) is 2. The van der Waals surface area contributed by atoms with Crippen LogP contribution in [0.1, 0.15) is 28.5 Å². The van der Waals surface area contributed by atoms with Gasteiger partial charge >= 0.3 is 0 Å². The molecular formula is C18H19N3O. The van der Waals surface area contributed by atoms with Gasteiger partial charge in [-0.3, -0.25) is 9.78 Å². The molecule has 1 N–H and O–H groups in total. The minimum atomic E-state index is -0.0710. The fourth-order valence-corrected chi connectivity index (χ4v) is 2.56. The van der Waals surface area contributed by atoms with Crippen molar-refractivity contribution < 1.29 is 4.79 Å². The number of fused-ring (bicyclic) bond motifs is 1. The van der Waals surface area contributed by atoms with Crippen LogP contribution in [-0.4, -0.2) is 15.5 Å². The Balaban J connectivity index is 1.74. The predicted octanol–water partition coefficient (Wildman–Crippen LogP) is 3.07. The monoisotopic (exact) mass is 293 g/mol. The van der Waals surface area contributed by atoms with Crippen LogP contribution in [0, 0.1) is 0 Å². The van der Waals surface area contributed by atoms with Gasteiger partial charge in [0.1, 0.15) is 5.69 Å². The van der Waals surface area contributed by atoms with E-state index in [1.165, 1.54) is 5.56 Å². The maximum Gasteiger partial charge on any atom is 0.268 e. The molecule has 22 heavy (non-hydrogen) atoms. The molecule has 0 bridgehead atoms. The molecular weight excluding hydrogens is 274 g/mol. The van der Waals surface area contributed by atoms with E-state index in [9.17, 15) is 4.79 Å². The average Bonchev–Trinajstić information content (AvgIpc) is 2.90. The quantitative estimate of drug-likeness (QED) is 0.803. The van der Waals surface area contributed by atoms with Crippen LogP contribution in [0.4, 0.5) is 0 Å². The van der Waals surface area contributed by atoms with E-state index in [4.69, 9.17) is 0 Å². The van der Waals surface area contributed by atoms with E-state index in [-0.39, 0.29) is 5.91 Å². The highest BCUT2D eigenvalue weighted by Gasteiger charge is 2.12. The molecule has 3 aromatic rings. The Morgan fingerprint density at radius 2 is 1.91 bits per heavy atom. The zero-order valence-corrected chi connectivity index (χ0v) is 12.8. The first-order valence-electron chi connectivity index (χ1n) is 7.44. The molecule has 0 spiro atoms. The molecule has 4 heteroatoms. The van der Waals surface area contributed by atoms with E-state index < -0.39 is 0 Å². The summed E-state index contributed by atoms with van der Waals surface area (Å²) in [5.41, 5.74) is 4.01. The Bertz CT molecular complexity index is 803. The van der Waals surface area contributed by atoms with Crippen LogP contribution in [-0.2, 0) is 20.0 Å². The molecule has 0 saturated carbocycles. The second-order valence-corrected chi connectivity index (χ2v) is 5.38. The largest absolute Gasteiger partial charge is 0.347 e. The van der Waals surface area contributed by atoms with Gasteiger partial charge in [0.15, 0.2) is 0 Å². The van der Waals surface area contributed by atoms with E-state index in [0.29, 0.717) is 12.2 Å². The first-order valence-corrected chi connectivity index (χ1v) is 7.44. The van der Waals surface area contributed by atoms with Gasteiger partial charge in [-0.1, -0.05) is 31.2 Å². The van der Waals surface area contributed by atoms with Crippen molar-refractivity contribution in [1.29, 1.82) is 0 Å². The molecule has 0 radical (unpaired) electrons. The van der Waals surface area contributed by atoms with Gasteiger partial charge in [-0.15, -0.1) is 0 Å². The van der Waals surface area contributed by atoms with Crippen molar-refractivity contribution >= 4 is 16.8 Å². The third kappa shape index (κ3) is 2.72. The summed E-state index contributed by atoms with van der Waals surface area (Å²) >= 11 is 0. The van der Waals surface area contributed by atoms with Crippen molar-refractivity contribution in [1.82, 2.24) is 14.9 Å². The molecule has 0 aliphatic carbocycles. The van der Waals surface area contributed by atoms with Crippen LogP contribution >= 0.6 is 0 Å². The van der Waals surface area contributed by atoms with Gasteiger partial charge in [0.25, 0.3) is 5.91 Å². The standard InChI is InChI=1S/C18H19N3O/c1-3-13-4-6-14(7-5-13)11-20-18(22)16-10-15-8-9-19-12-17(15)21(16)2/h4-10,12H,3,11H2,1-2H3,(H,20,22). The highest BCUT2D eigenvalue weighted by molar-refractivity contribution is 5.98.